The van der Waals surface area contributed by atoms with Crippen LogP contribution in [0.3, 0.4) is 0 Å². The SMILES string of the molecule is CCCCCC1(CCCCC)OC=CC1=O. The van der Waals surface area contributed by atoms with Crippen LogP contribution in [0.25, 0.3) is 0 Å². The predicted molar refractivity (Wildman–Crippen MR) is 66.2 cm³/mol. The van der Waals surface area contributed by atoms with Crippen molar-refractivity contribution in [2.24, 2.45) is 0 Å². The maximum atomic E-state index is 11.9. The molecule has 1 aliphatic heterocycles. The Kier molecular flexibility index (Phi) is 5.58. The lowest BCUT2D eigenvalue weighted by Gasteiger charge is -2.27. The van der Waals surface area contributed by atoms with Gasteiger partial charge in [-0.2, -0.15) is 0 Å². The van der Waals surface area contributed by atoms with Crippen molar-refractivity contribution in [1.29, 1.82) is 0 Å². The van der Waals surface area contributed by atoms with Gasteiger partial charge in [0.15, 0.2) is 5.60 Å². The van der Waals surface area contributed by atoms with Gasteiger partial charge in [-0.25, -0.2) is 0 Å². The number of hydrogen-bond donors (Lipinski definition) is 0. The van der Waals surface area contributed by atoms with E-state index in [4.69, 9.17) is 4.74 Å². The van der Waals surface area contributed by atoms with E-state index in [2.05, 4.69) is 13.8 Å². The molecule has 0 aromatic heterocycles. The summed E-state index contributed by atoms with van der Waals surface area (Å²) in [5.41, 5.74) is -0.496. The molecule has 0 aliphatic carbocycles. The smallest absolute Gasteiger partial charge is 0.202 e. The van der Waals surface area contributed by atoms with Crippen LogP contribution >= 0.6 is 0 Å². The zero-order valence-electron chi connectivity index (χ0n) is 10.6. The molecule has 0 saturated heterocycles. The van der Waals surface area contributed by atoms with Gasteiger partial charge in [0.2, 0.25) is 5.78 Å². The number of carbonyl (C=O) groups excluding carboxylic acids is 1. The van der Waals surface area contributed by atoms with Crippen molar-refractivity contribution in [2.75, 3.05) is 0 Å². The lowest BCUT2D eigenvalue weighted by atomic mass is 9.87. The van der Waals surface area contributed by atoms with Crippen LogP contribution in [0, 0.1) is 0 Å². The molecule has 0 bridgehead atoms. The zero-order valence-corrected chi connectivity index (χ0v) is 10.6. The molecule has 0 N–H and O–H groups in total. The number of hydrogen-bond acceptors (Lipinski definition) is 2. The highest BCUT2D eigenvalue weighted by Gasteiger charge is 2.40. The Bertz CT molecular complexity index is 233. The Labute approximate surface area is 99.1 Å². The fourth-order valence-corrected chi connectivity index (χ4v) is 2.25. The van der Waals surface area contributed by atoms with E-state index >= 15 is 0 Å². The fourth-order valence-electron chi connectivity index (χ4n) is 2.25. The average molecular weight is 224 g/mol. The van der Waals surface area contributed by atoms with E-state index in [0.717, 1.165) is 25.7 Å². The van der Waals surface area contributed by atoms with E-state index in [0.29, 0.717) is 0 Å². The van der Waals surface area contributed by atoms with E-state index in [-0.39, 0.29) is 5.78 Å². The van der Waals surface area contributed by atoms with Crippen molar-refractivity contribution in [3.05, 3.63) is 12.3 Å². The third kappa shape index (κ3) is 3.36. The van der Waals surface area contributed by atoms with Crippen molar-refractivity contribution in [3.63, 3.8) is 0 Å². The molecule has 0 amide bonds. The van der Waals surface area contributed by atoms with Crippen molar-refractivity contribution >= 4 is 5.78 Å². The van der Waals surface area contributed by atoms with E-state index in [1.165, 1.54) is 25.7 Å². The summed E-state index contributed by atoms with van der Waals surface area (Å²) in [6.07, 6.45) is 11.9. The van der Waals surface area contributed by atoms with E-state index < -0.39 is 5.60 Å². The highest BCUT2D eigenvalue weighted by molar-refractivity contribution is 5.98. The summed E-state index contributed by atoms with van der Waals surface area (Å²) in [5.74, 6) is 0.180. The number of unbranched alkanes of at least 4 members (excludes halogenated alkanes) is 4. The molecular formula is C14H24O2. The molecule has 0 fully saturated rings. The van der Waals surface area contributed by atoms with Gasteiger partial charge in [-0.15, -0.1) is 0 Å². The number of ether oxygens (including phenoxy) is 1. The van der Waals surface area contributed by atoms with Crippen molar-refractivity contribution in [2.45, 2.75) is 70.8 Å². The van der Waals surface area contributed by atoms with Gasteiger partial charge in [0.25, 0.3) is 0 Å². The second kappa shape index (κ2) is 6.72. The fraction of sp³-hybridized carbons (Fsp3) is 0.786. The Hall–Kier alpha value is -0.790. The van der Waals surface area contributed by atoms with Gasteiger partial charge in [-0.3, -0.25) is 4.79 Å². The second-order valence-corrected chi connectivity index (χ2v) is 4.69. The van der Waals surface area contributed by atoms with Gasteiger partial charge in [0, 0.05) is 6.08 Å². The molecule has 2 heteroatoms. The van der Waals surface area contributed by atoms with Crippen LogP contribution in [-0.4, -0.2) is 11.4 Å². The molecule has 0 saturated carbocycles. The number of ketones is 1. The normalized spacial score (nSPS) is 17.8. The molecule has 0 atom stereocenters. The highest BCUT2D eigenvalue weighted by Crippen LogP contribution is 2.32. The van der Waals surface area contributed by atoms with Crippen molar-refractivity contribution in [3.8, 4) is 0 Å². The van der Waals surface area contributed by atoms with Crippen LogP contribution < -0.4 is 0 Å². The van der Waals surface area contributed by atoms with E-state index in [1.807, 2.05) is 0 Å². The lowest BCUT2D eigenvalue weighted by Crippen LogP contribution is -2.36. The Morgan fingerprint density at radius 3 is 2.00 bits per heavy atom. The van der Waals surface area contributed by atoms with Gasteiger partial charge >= 0.3 is 0 Å². The first-order valence-corrected chi connectivity index (χ1v) is 6.64. The summed E-state index contributed by atoms with van der Waals surface area (Å²) in [7, 11) is 0. The lowest BCUT2D eigenvalue weighted by molar-refractivity contribution is -0.131. The Balaban J connectivity index is 2.45. The van der Waals surface area contributed by atoms with Crippen molar-refractivity contribution in [1.82, 2.24) is 0 Å². The number of carbonyl (C=O) groups is 1. The molecular weight excluding hydrogens is 200 g/mol. The monoisotopic (exact) mass is 224 g/mol. The minimum absolute atomic E-state index is 0.180. The van der Waals surface area contributed by atoms with Crippen LogP contribution in [-0.2, 0) is 9.53 Å². The summed E-state index contributed by atoms with van der Waals surface area (Å²) < 4.78 is 5.62. The Morgan fingerprint density at radius 2 is 1.62 bits per heavy atom. The molecule has 0 radical (unpaired) electrons. The van der Waals surface area contributed by atoms with Gasteiger partial charge in [-0.1, -0.05) is 39.5 Å². The first-order chi connectivity index (χ1) is 7.75. The predicted octanol–water partition coefficient (Wildman–Crippen LogP) is 4.00. The third-order valence-corrected chi connectivity index (χ3v) is 3.33. The first-order valence-electron chi connectivity index (χ1n) is 6.64. The van der Waals surface area contributed by atoms with Gasteiger partial charge in [0.05, 0.1) is 6.26 Å². The van der Waals surface area contributed by atoms with Crippen LogP contribution in [0.1, 0.15) is 65.2 Å². The molecule has 92 valence electrons. The largest absolute Gasteiger partial charge is 0.487 e. The maximum absolute atomic E-state index is 11.9. The molecule has 2 nitrogen and oxygen atoms in total. The van der Waals surface area contributed by atoms with E-state index in [1.54, 1.807) is 12.3 Å². The van der Waals surface area contributed by atoms with Crippen LogP contribution in [0.5, 0.6) is 0 Å². The molecule has 0 aromatic rings. The van der Waals surface area contributed by atoms with Gasteiger partial charge in [0.1, 0.15) is 0 Å². The Morgan fingerprint density at radius 1 is 1.06 bits per heavy atom. The second-order valence-electron chi connectivity index (χ2n) is 4.69. The zero-order chi connectivity index (χ0) is 11.9. The summed E-state index contributed by atoms with van der Waals surface area (Å²) >= 11 is 0. The van der Waals surface area contributed by atoms with Crippen molar-refractivity contribution < 1.29 is 9.53 Å². The minimum Gasteiger partial charge on any atom is -0.487 e. The highest BCUT2D eigenvalue weighted by atomic mass is 16.5. The average Bonchev–Trinajstić information content (AvgIpc) is 2.62. The molecule has 16 heavy (non-hydrogen) atoms. The molecule has 1 aliphatic rings. The topological polar surface area (TPSA) is 26.3 Å². The molecule has 0 spiro atoms. The van der Waals surface area contributed by atoms with Crippen LogP contribution in [0.15, 0.2) is 12.3 Å². The maximum Gasteiger partial charge on any atom is 0.202 e. The van der Waals surface area contributed by atoms with Gasteiger partial charge in [-0.05, 0) is 25.7 Å². The minimum atomic E-state index is -0.496. The summed E-state index contributed by atoms with van der Waals surface area (Å²) in [6, 6.07) is 0. The van der Waals surface area contributed by atoms with E-state index in [9.17, 15) is 4.79 Å². The van der Waals surface area contributed by atoms with Gasteiger partial charge < -0.3 is 4.74 Å². The summed E-state index contributed by atoms with van der Waals surface area (Å²) in [5, 5.41) is 0. The quantitative estimate of drug-likeness (QED) is 0.582. The van der Waals surface area contributed by atoms with Crippen LogP contribution in [0.2, 0.25) is 0 Å². The first kappa shape index (κ1) is 13.3. The standard InChI is InChI=1S/C14H24O2/c1-3-5-7-10-14(11-8-6-4-2)13(15)9-12-16-14/h9,12H,3-8,10-11H2,1-2H3. The molecule has 0 unspecified atom stereocenters. The summed E-state index contributed by atoms with van der Waals surface area (Å²) in [6.45, 7) is 4.36. The number of rotatable bonds is 8. The molecule has 1 heterocycles. The van der Waals surface area contributed by atoms with Crippen LogP contribution in [0.4, 0.5) is 0 Å². The summed E-state index contributed by atoms with van der Waals surface area (Å²) in [4.78, 5) is 11.9. The third-order valence-electron chi connectivity index (χ3n) is 3.33. The molecule has 1 rings (SSSR count). The molecule has 0 aromatic carbocycles.